The second-order valence-electron chi connectivity index (χ2n) is 4.62. The van der Waals surface area contributed by atoms with Crippen LogP contribution in [0.3, 0.4) is 0 Å². The molecule has 0 amide bonds. The molecule has 6 heteroatoms. The number of sulfonamides is 1. The molecule has 0 spiro atoms. The molecule has 0 saturated carbocycles. The zero-order valence-electron chi connectivity index (χ0n) is 11.6. The molecule has 0 heterocycles. The van der Waals surface area contributed by atoms with Gasteiger partial charge in [0.2, 0.25) is 0 Å². The van der Waals surface area contributed by atoms with Crippen molar-refractivity contribution in [3.8, 4) is 0 Å². The number of aryl methyl sites for hydroxylation is 1. The molecule has 2 aromatic rings. The fourth-order valence-electron chi connectivity index (χ4n) is 1.84. The van der Waals surface area contributed by atoms with Crippen molar-refractivity contribution in [2.24, 2.45) is 0 Å². The van der Waals surface area contributed by atoms with Gasteiger partial charge in [-0.15, -0.1) is 0 Å². The van der Waals surface area contributed by atoms with Crippen LogP contribution in [0.5, 0.6) is 0 Å². The Kier molecular flexibility index (Phi) is 4.34. The van der Waals surface area contributed by atoms with Crippen molar-refractivity contribution >= 4 is 33.1 Å². The van der Waals surface area contributed by atoms with Gasteiger partial charge in [0.15, 0.2) is 5.78 Å². The van der Waals surface area contributed by atoms with Crippen LogP contribution < -0.4 is 4.72 Å². The normalized spacial score (nSPS) is 11.2. The second-order valence-corrected chi connectivity index (χ2v) is 6.71. The summed E-state index contributed by atoms with van der Waals surface area (Å²) in [7, 11) is -3.80. The molecule has 0 aliphatic heterocycles. The molecule has 0 fully saturated rings. The molecule has 0 bridgehead atoms. The Bertz CT molecular complexity index is 780. The number of carbonyl (C=O) groups excluding carboxylic acids is 1. The van der Waals surface area contributed by atoms with E-state index in [0.29, 0.717) is 21.8 Å². The molecule has 2 rings (SSSR count). The Hall–Kier alpha value is -1.85. The van der Waals surface area contributed by atoms with Crippen LogP contribution in [0, 0.1) is 6.92 Å². The molecule has 0 radical (unpaired) electrons. The highest BCUT2D eigenvalue weighted by Gasteiger charge is 2.18. The van der Waals surface area contributed by atoms with Gasteiger partial charge in [-0.2, -0.15) is 0 Å². The van der Waals surface area contributed by atoms with E-state index < -0.39 is 10.0 Å². The second kappa shape index (κ2) is 5.87. The van der Waals surface area contributed by atoms with Crippen LogP contribution in [0.15, 0.2) is 47.4 Å². The number of carbonyl (C=O) groups is 1. The van der Waals surface area contributed by atoms with E-state index in [1.54, 1.807) is 31.2 Å². The van der Waals surface area contributed by atoms with Crippen LogP contribution in [0.4, 0.5) is 5.69 Å². The lowest BCUT2D eigenvalue weighted by Crippen LogP contribution is -2.14. The first-order valence-corrected chi connectivity index (χ1v) is 8.06. The highest BCUT2D eigenvalue weighted by molar-refractivity contribution is 7.92. The summed E-state index contributed by atoms with van der Waals surface area (Å²) in [6, 6.07) is 11.0. The lowest BCUT2D eigenvalue weighted by atomic mass is 10.2. The van der Waals surface area contributed by atoms with Gasteiger partial charge < -0.3 is 0 Å². The van der Waals surface area contributed by atoms with Crippen LogP contribution in [0.2, 0.25) is 5.02 Å². The third-order valence-corrected chi connectivity index (χ3v) is 4.67. The molecule has 2 aromatic carbocycles. The average molecular weight is 324 g/mol. The zero-order chi connectivity index (χ0) is 15.6. The monoisotopic (exact) mass is 323 g/mol. The summed E-state index contributed by atoms with van der Waals surface area (Å²) in [6.45, 7) is 3.15. The molecule has 0 saturated heterocycles. The number of anilines is 1. The summed E-state index contributed by atoms with van der Waals surface area (Å²) < 4.78 is 27.3. The number of Topliss-reactive ketones (excluding diaryl/α,β-unsaturated/α-hetero) is 1. The minimum Gasteiger partial charge on any atom is -0.295 e. The third kappa shape index (κ3) is 3.43. The van der Waals surface area contributed by atoms with E-state index in [9.17, 15) is 13.2 Å². The summed E-state index contributed by atoms with van der Waals surface area (Å²) in [4.78, 5) is 11.4. The first-order chi connectivity index (χ1) is 9.81. The predicted molar refractivity (Wildman–Crippen MR) is 83.4 cm³/mol. The molecule has 0 aliphatic carbocycles. The van der Waals surface area contributed by atoms with Crippen LogP contribution in [0.25, 0.3) is 0 Å². The van der Waals surface area contributed by atoms with E-state index in [4.69, 9.17) is 11.6 Å². The Balaban J connectivity index is 2.44. The number of benzene rings is 2. The number of rotatable bonds is 4. The predicted octanol–water partition coefficient (Wildman–Crippen LogP) is 3.65. The first-order valence-electron chi connectivity index (χ1n) is 6.20. The Morgan fingerprint density at radius 3 is 2.43 bits per heavy atom. The van der Waals surface area contributed by atoms with E-state index in [1.807, 2.05) is 0 Å². The van der Waals surface area contributed by atoms with Crippen LogP contribution in [-0.2, 0) is 10.0 Å². The number of hydrogen-bond acceptors (Lipinski definition) is 3. The van der Waals surface area contributed by atoms with E-state index in [1.165, 1.54) is 25.1 Å². The maximum absolute atomic E-state index is 12.4. The van der Waals surface area contributed by atoms with Gasteiger partial charge in [-0.1, -0.05) is 35.9 Å². The molecular weight excluding hydrogens is 310 g/mol. The van der Waals surface area contributed by atoms with Crippen molar-refractivity contribution in [1.29, 1.82) is 0 Å². The van der Waals surface area contributed by atoms with E-state index in [0.717, 1.165) is 0 Å². The molecule has 4 nitrogen and oxygen atoms in total. The molecule has 0 aliphatic rings. The zero-order valence-corrected chi connectivity index (χ0v) is 13.1. The van der Waals surface area contributed by atoms with Gasteiger partial charge in [0.1, 0.15) is 0 Å². The van der Waals surface area contributed by atoms with Gasteiger partial charge in [0.05, 0.1) is 15.6 Å². The van der Waals surface area contributed by atoms with Gasteiger partial charge in [-0.05, 0) is 37.6 Å². The topological polar surface area (TPSA) is 63.2 Å². The number of ketones is 1. The molecule has 0 atom stereocenters. The number of para-hydroxylation sites is 1. The summed E-state index contributed by atoms with van der Waals surface area (Å²) in [5.74, 6) is -0.194. The van der Waals surface area contributed by atoms with E-state index in [2.05, 4.69) is 4.72 Å². The van der Waals surface area contributed by atoms with Crippen molar-refractivity contribution in [1.82, 2.24) is 0 Å². The minimum atomic E-state index is -3.80. The maximum Gasteiger partial charge on any atom is 0.261 e. The Morgan fingerprint density at radius 1 is 1.14 bits per heavy atom. The van der Waals surface area contributed by atoms with Crippen LogP contribution in [-0.4, -0.2) is 14.2 Å². The molecule has 110 valence electrons. The standard InChI is InChI=1S/C15H14ClNO3S/c1-10-5-3-8-14(16)15(10)17-21(19,20)13-7-4-6-12(9-13)11(2)18/h3-9,17H,1-2H3. The Labute approximate surface area is 128 Å². The highest BCUT2D eigenvalue weighted by Crippen LogP contribution is 2.28. The van der Waals surface area contributed by atoms with Crippen LogP contribution >= 0.6 is 11.6 Å². The SMILES string of the molecule is CC(=O)c1cccc(S(=O)(=O)Nc2c(C)cccc2Cl)c1. The third-order valence-electron chi connectivity index (χ3n) is 3.01. The van der Waals surface area contributed by atoms with E-state index >= 15 is 0 Å². The number of halogens is 1. The van der Waals surface area contributed by atoms with Gasteiger partial charge in [0, 0.05) is 5.56 Å². The quantitative estimate of drug-likeness (QED) is 0.873. The molecule has 21 heavy (non-hydrogen) atoms. The summed E-state index contributed by atoms with van der Waals surface area (Å²) in [5, 5.41) is 0.321. The lowest BCUT2D eigenvalue weighted by Gasteiger charge is -2.12. The fourth-order valence-corrected chi connectivity index (χ4v) is 3.36. The van der Waals surface area contributed by atoms with Crippen molar-refractivity contribution in [3.63, 3.8) is 0 Å². The van der Waals surface area contributed by atoms with Gasteiger partial charge in [0.25, 0.3) is 10.0 Å². The maximum atomic E-state index is 12.4. The van der Waals surface area contributed by atoms with Crippen molar-refractivity contribution < 1.29 is 13.2 Å². The van der Waals surface area contributed by atoms with Gasteiger partial charge >= 0.3 is 0 Å². The van der Waals surface area contributed by atoms with Gasteiger partial charge in [-0.3, -0.25) is 9.52 Å². The number of hydrogen-bond donors (Lipinski definition) is 1. The van der Waals surface area contributed by atoms with Gasteiger partial charge in [-0.25, -0.2) is 8.42 Å². The van der Waals surface area contributed by atoms with Crippen molar-refractivity contribution in [2.45, 2.75) is 18.7 Å². The molecule has 1 N–H and O–H groups in total. The minimum absolute atomic E-state index is 0.0227. The van der Waals surface area contributed by atoms with E-state index in [-0.39, 0.29) is 10.7 Å². The first kappa shape index (κ1) is 15.5. The average Bonchev–Trinajstić information content (AvgIpc) is 2.43. The molecule has 0 unspecified atom stereocenters. The number of nitrogens with one attached hydrogen (secondary N) is 1. The largest absolute Gasteiger partial charge is 0.295 e. The molecule has 0 aromatic heterocycles. The van der Waals surface area contributed by atoms with Crippen molar-refractivity contribution in [2.75, 3.05) is 4.72 Å². The van der Waals surface area contributed by atoms with Crippen LogP contribution in [0.1, 0.15) is 22.8 Å². The fraction of sp³-hybridized carbons (Fsp3) is 0.133. The summed E-state index contributed by atoms with van der Waals surface area (Å²) in [6.07, 6.45) is 0. The lowest BCUT2D eigenvalue weighted by molar-refractivity contribution is 0.101. The Morgan fingerprint density at radius 2 is 1.81 bits per heavy atom. The summed E-state index contributed by atoms with van der Waals surface area (Å²) >= 11 is 6.02. The highest BCUT2D eigenvalue weighted by atomic mass is 35.5. The smallest absolute Gasteiger partial charge is 0.261 e. The molecular formula is C15H14ClNO3S. The van der Waals surface area contributed by atoms with Crippen molar-refractivity contribution in [3.05, 3.63) is 58.6 Å². The summed E-state index contributed by atoms with van der Waals surface area (Å²) in [5.41, 5.74) is 1.40.